The molecule has 1 amide bonds. The van der Waals surface area contributed by atoms with E-state index in [0.717, 1.165) is 52.3 Å². The van der Waals surface area contributed by atoms with Crippen molar-refractivity contribution in [3.8, 4) is 22.5 Å². The number of H-pyrrole nitrogens is 1. The Labute approximate surface area is 199 Å². The average molecular weight is 458 g/mol. The number of aryl methyl sites for hydroxylation is 1. The molecule has 1 fully saturated rings. The van der Waals surface area contributed by atoms with Crippen LogP contribution in [0.15, 0.2) is 42.9 Å². The summed E-state index contributed by atoms with van der Waals surface area (Å²) in [5, 5.41) is 15.5. The fraction of sp³-hybridized carbons (Fsp3) is 0.385. The molecule has 0 bridgehead atoms. The maximum atomic E-state index is 12.6. The molecule has 8 nitrogen and oxygen atoms in total. The predicted octanol–water partition coefficient (Wildman–Crippen LogP) is 4.10. The highest BCUT2D eigenvalue weighted by Gasteiger charge is 2.29. The van der Waals surface area contributed by atoms with Gasteiger partial charge in [0.1, 0.15) is 6.33 Å². The van der Waals surface area contributed by atoms with Gasteiger partial charge in [-0.25, -0.2) is 9.50 Å². The highest BCUT2D eigenvalue weighted by atomic mass is 16.2. The molecular weight excluding hydrogens is 426 g/mol. The Balaban J connectivity index is 1.46. The largest absolute Gasteiger partial charge is 0.338 e. The Morgan fingerprint density at radius 2 is 1.91 bits per heavy atom. The standard InChI is InChI=1S/C26H31N7O/c1-15(2)22-23(30-31-24(22)20-12-16(3)25-28-14-29-33(25)13-20)19-8-6-18(7-9-19)17(4)32(5)26(34)21-10-11-27-21/h6-9,12-15,17,21,27H,10-11H2,1-5H3,(H,30,31)/t17?,21-/m0/s1. The summed E-state index contributed by atoms with van der Waals surface area (Å²) in [5.74, 6) is 0.426. The third-order valence-corrected chi connectivity index (χ3v) is 6.95. The van der Waals surface area contributed by atoms with Crippen LogP contribution in [-0.2, 0) is 4.79 Å². The molecule has 4 heterocycles. The van der Waals surface area contributed by atoms with Crippen LogP contribution in [0.5, 0.6) is 0 Å². The molecule has 1 aliphatic rings. The topological polar surface area (TPSA) is 91.2 Å². The minimum absolute atomic E-state index is 0.00299. The zero-order valence-electron chi connectivity index (χ0n) is 20.3. The fourth-order valence-corrected chi connectivity index (χ4v) is 4.66. The van der Waals surface area contributed by atoms with E-state index in [9.17, 15) is 4.79 Å². The highest BCUT2D eigenvalue weighted by molar-refractivity contribution is 5.83. The predicted molar refractivity (Wildman–Crippen MR) is 132 cm³/mol. The van der Waals surface area contributed by atoms with E-state index < -0.39 is 0 Å². The zero-order chi connectivity index (χ0) is 24.0. The van der Waals surface area contributed by atoms with Gasteiger partial charge in [-0.2, -0.15) is 10.2 Å². The number of hydrogen-bond donors (Lipinski definition) is 2. The van der Waals surface area contributed by atoms with Crippen molar-refractivity contribution in [3.05, 3.63) is 59.5 Å². The van der Waals surface area contributed by atoms with Crippen LogP contribution in [0.1, 0.15) is 55.8 Å². The van der Waals surface area contributed by atoms with Crippen LogP contribution in [0.3, 0.4) is 0 Å². The highest BCUT2D eigenvalue weighted by Crippen LogP contribution is 2.36. The Morgan fingerprint density at radius 3 is 2.56 bits per heavy atom. The van der Waals surface area contributed by atoms with Crippen LogP contribution in [0.25, 0.3) is 28.2 Å². The summed E-state index contributed by atoms with van der Waals surface area (Å²) in [7, 11) is 1.88. The van der Waals surface area contributed by atoms with Crippen molar-refractivity contribution in [2.75, 3.05) is 13.6 Å². The minimum Gasteiger partial charge on any atom is -0.338 e. The van der Waals surface area contributed by atoms with E-state index in [2.05, 4.69) is 71.6 Å². The number of amides is 1. The third kappa shape index (κ3) is 3.77. The number of carbonyl (C=O) groups excluding carboxylic acids is 1. The first kappa shape index (κ1) is 22.3. The molecule has 2 atom stereocenters. The first-order valence-corrected chi connectivity index (χ1v) is 11.8. The summed E-state index contributed by atoms with van der Waals surface area (Å²) in [4.78, 5) is 18.8. The molecule has 2 N–H and O–H groups in total. The Bertz CT molecular complexity index is 1330. The molecule has 0 aliphatic carbocycles. The van der Waals surface area contributed by atoms with Gasteiger partial charge in [-0.15, -0.1) is 0 Å². The lowest BCUT2D eigenvalue weighted by atomic mass is 9.93. The van der Waals surface area contributed by atoms with Crippen LogP contribution in [-0.4, -0.2) is 55.2 Å². The van der Waals surface area contributed by atoms with Crippen molar-refractivity contribution < 1.29 is 4.79 Å². The van der Waals surface area contributed by atoms with Gasteiger partial charge in [-0.1, -0.05) is 38.1 Å². The molecule has 8 heteroatoms. The lowest BCUT2D eigenvalue weighted by Crippen LogP contribution is -2.53. The number of aromatic amines is 1. The van der Waals surface area contributed by atoms with E-state index in [1.54, 1.807) is 10.8 Å². The average Bonchev–Trinajstić information content (AvgIpc) is 3.44. The molecule has 1 unspecified atom stereocenters. The van der Waals surface area contributed by atoms with Gasteiger partial charge in [0.15, 0.2) is 5.65 Å². The molecule has 0 spiro atoms. The van der Waals surface area contributed by atoms with Gasteiger partial charge in [-0.05, 0) is 55.5 Å². The van der Waals surface area contributed by atoms with Crippen molar-refractivity contribution in [3.63, 3.8) is 0 Å². The van der Waals surface area contributed by atoms with Crippen LogP contribution >= 0.6 is 0 Å². The van der Waals surface area contributed by atoms with E-state index in [0.29, 0.717) is 0 Å². The first-order valence-electron chi connectivity index (χ1n) is 11.8. The molecule has 5 rings (SSSR count). The number of aromatic nitrogens is 5. The van der Waals surface area contributed by atoms with Crippen molar-refractivity contribution in [1.29, 1.82) is 0 Å². The summed E-state index contributed by atoms with van der Waals surface area (Å²) in [5.41, 5.74) is 8.23. The lowest BCUT2D eigenvalue weighted by molar-refractivity contribution is -0.135. The van der Waals surface area contributed by atoms with Crippen molar-refractivity contribution in [2.45, 2.75) is 52.1 Å². The van der Waals surface area contributed by atoms with Gasteiger partial charge >= 0.3 is 0 Å². The third-order valence-electron chi connectivity index (χ3n) is 6.95. The van der Waals surface area contributed by atoms with Gasteiger partial charge < -0.3 is 10.2 Å². The summed E-state index contributed by atoms with van der Waals surface area (Å²) in [6.07, 6.45) is 4.47. The van der Waals surface area contributed by atoms with Crippen LogP contribution in [0.4, 0.5) is 0 Å². The van der Waals surface area contributed by atoms with Crippen molar-refractivity contribution in [2.24, 2.45) is 0 Å². The molecule has 1 saturated heterocycles. The molecule has 176 valence electrons. The molecule has 0 radical (unpaired) electrons. The van der Waals surface area contributed by atoms with Crippen molar-refractivity contribution in [1.82, 2.24) is 35.0 Å². The van der Waals surface area contributed by atoms with Crippen LogP contribution in [0.2, 0.25) is 0 Å². The van der Waals surface area contributed by atoms with Crippen molar-refractivity contribution >= 4 is 11.6 Å². The molecule has 4 aromatic rings. The first-order chi connectivity index (χ1) is 16.3. The second-order valence-corrected chi connectivity index (χ2v) is 9.50. The number of fused-ring (bicyclic) bond motifs is 1. The van der Waals surface area contributed by atoms with Gasteiger partial charge in [0.25, 0.3) is 0 Å². The van der Waals surface area contributed by atoms with E-state index in [4.69, 9.17) is 5.10 Å². The molecule has 3 aromatic heterocycles. The number of pyridine rings is 1. The number of nitrogens with one attached hydrogen (secondary N) is 2. The molecule has 34 heavy (non-hydrogen) atoms. The summed E-state index contributed by atoms with van der Waals surface area (Å²) < 4.78 is 1.80. The quantitative estimate of drug-likeness (QED) is 0.455. The van der Waals surface area contributed by atoms with E-state index in [1.807, 2.05) is 25.1 Å². The molecule has 1 aliphatic heterocycles. The van der Waals surface area contributed by atoms with Gasteiger partial charge in [0.2, 0.25) is 5.91 Å². The Kier molecular flexibility index (Phi) is 5.69. The van der Waals surface area contributed by atoms with E-state index in [-0.39, 0.29) is 23.9 Å². The second kappa shape index (κ2) is 8.68. The lowest BCUT2D eigenvalue weighted by Gasteiger charge is -2.34. The molecular formula is C26H31N7O. The molecule has 1 aromatic carbocycles. The number of hydrogen-bond acceptors (Lipinski definition) is 5. The maximum absolute atomic E-state index is 12.6. The monoisotopic (exact) mass is 457 g/mol. The number of likely N-dealkylation sites (N-methyl/N-ethyl adjacent to an activating group) is 1. The smallest absolute Gasteiger partial charge is 0.240 e. The SMILES string of the molecule is Cc1cc(-c2n[nH]c(-c3ccc(C(C)N(C)C(=O)[C@@H]4CCN4)cc3)c2C(C)C)cn2ncnc12. The number of carbonyl (C=O) groups is 1. The second-order valence-electron chi connectivity index (χ2n) is 9.50. The minimum atomic E-state index is -0.0379. The Morgan fingerprint density at radius 1 is 1.18 bits per heavy atom. The number of nitrogens with zero attached hydrogens (tertiary/aromatic N) is 5. The van der Waals surface area contributed by atoms with Crippen LogP contribution < -0.4 is 5.32 Å². The summed E-state index contributed by atoms with van der Waals surface area (Å²) >= 11 is 0. The zero-order valence-corrected chi connectivity index (χ0v) is 20.3. The fourth-order valence-electron chi connectivity index (χ4n) is 4.66. The van der Waals surface area contributed by atoms with Gasteiger partial charge in [0, 0.05) is 24.4 Å². The van der Waals surface area contributed by atoms with E-state index in [1.165, 1.54) is 5.56 Å². The van der Waals surface area contributed by atoms with Gasteiger partial charge in [-0.3, -0.25) is 9.89 Å². The Hall–Kier alpha value is -3.52. The number of benzene rings is 1. The summed E-state index contributed by atoms with van der Waals surface area (Å²) in [6.45, 7) is 9.40. The van der Waals surface area contributed by atoms with E-state index >= 15 is 0 Å². The van der Waals surface area contributed by atoms with Crippen LogP contribution in [0, 0.1) is 6.92 Å². The molecule has 0 saturated carbocycles. The van der Waals surface area contributed by atoms with Gasteiger partial charge in [0.05, 0.1) is 23.5 Å². The maximum Gasteiger partial charge on any atom is 0.240 e. The number of rotatable bonds is 6. The summed E-state index contributed by atoms with van der Waals surface area (Å²) in [6, 6.07) is 10.5. The normalized spacial score (nSPS) is 16.6.